The highest BCUT2D eigenvalue weighted by Gasteiger charge is 2.16. The van der Waals surface area contributed by atoms with Crippen molar-refractivity contribution >= 4 is 5.97 Å². The summed E-state index contributed by atoms with van der Waals surface area (Å²) in [6, 6.07) is 0. The second kappa shape index (κ2) is 18.3. The number of rotatable bonds is 19. The zero-order valence-corrected chi connectivity index (χ0v) is 17.5. The van der Waals surface area contributed by atoms with Crippen LogP contribution in [0, 0.1) is 11.8 Å². The monoisotopic (exact) mass is 354 g/mol. The standard InChI is InChI=1S/C23H46O2/c1-4-5-6-7-8-9-10-11-12-13-14-15-16-17-18-22(23(24)25)20-19-21(2)3/h21-22H,4-20H2,1-3H3,(H,24,25). The molecule has 1 unspecified atom stereocenters. The van der Waals surface area contributed by atoms with Crippen molar-refractivity contribution in [1.82, 2.24) is 0 Å². The molecule has 0 amide bonds. The van der Waals surface area contributed by atoms with Gasteiger partial charge in [-0.15, -0.1) is 0 Å². The molecule has 0 aliphatic heterocycles. The Kier molecular flexibility index (Phi) is 17.9. The van der Waals surface area contributed by atoms with Crippen molar-refractivity contribution in [2.24, 2.45) is 11.8 Å². The summed E-state index contributed by atoms with van der Waals surface area (Å²) in [5.74, 6) is -0.0896. The number of hydrogen-bond acceptors (Lipinski definition) is 1. The Morgan fingerprint density at radius 1 is 0.640 bits per heavy atom. The van der Waals surface area contributed by atoms with Gasteiger partial charge in [-0.05, 0) is 18.8 Å². The van der Waals surface area contributed by atoms with Crippen LogP contribution in [0.5, 0.6) is 0 Å². The van der Waals surface area contributed by atoms with E-state index in [1.54, 1.807) is 0 Å². The van der Waals surface area contributed by atoms with E-state index in [4.69, 9.17) is 0 Å². The second-order valence-corrected chi connectivity index (χ2v) is 8.39. The topological polar surface area (TPSA) is 37.3 Å². The van der Waals surface area contributed by atoms with Crippen LogP contribution >= 0.6 is 0 Å². The Morgan fingerprint density at radius 3 is 1.40 bits per heavy atom. The van der Waals surface area contributed by atoms with Crippen molar-refractivity contribution in [3.05, 3.63) is 0 Å². The quantitative estimate of drug-likeness (QED) is 0.239. The smallest absolute Gasteiger partial charge is 0.306 e. The van der Waals surface area contributed by atoms with Crippen LogP contribution in [0.25, 0.3) is 0 Å². The molecule has 0 bridgehead atoms. The van der Waals surface area contributed by atoms with Gasteiger partial charge in [-0.1, -0.05) is 117 Å². The van der Waals surface area contributed by atoms with Crippen LogP contribution < -0.4 is 0 Å². The normalized spacial score (nSPS) is 12.6. The third-order valence-electron chi connectivity index (χ3n) is 5.35. The molecule has 0 saturated carbocycles. The number of carboxylic acids is 1. The van der Waals surface area contributed by atoms with Gasteiger partial charge in [0.05, 0.1) is 5.92 Å². The summed E-state index contributed by atoms with van der Waals surface area (Å²) in [4.78, 5) is 11.3. The first kappa shape index (κ1) is 24.5. The minimum atomic E-state index is -0.588. The summed E-state index contributed by atoms with van der Waals surface area (Å²) in [5, 5.41) is 9.29. The Labute approximate surface area is 158 Å². The number of carbonyl (C=O) groups is 1. The molecule has 25 heavy (non-hydrogen) atoms. The summed E-state index contributed by atoms with van der Waals surface area (Å²) in [7, 11) is 0. The molecule has 0 saturated heterocycles. The zero-order valence-electron chi connectivity index (χ0n) is 17.5. The summed E-state index contributed by atoms with van der Waals surface area (Å²) in [6.45, 7) is 6.62. The van der Waals surface area contributed by atoms with Crippen LogP contribution in [0.1, 0.15) is 130 Å². The van der Waals surface area contributed by atoms with Crippen molar-refractivity contribution in [3.63, 3.8) is 0 Å². The maximum Gasteiger partial charge on any atom is 0.306 e. The molecule has 1 atom stereocenters. The predicted molar refractivity (Wildman–Crippen MR) is 110 cm³/mol. The third-order valence-corrected chi connectivity index (χ3v) is 5.35. The maximum atomic E-state index is 11.3. The van der Waals surface area contributed by atoms with E-state index in [1.807, 2.05) is 0 Å². The van der Waals surface area contributed by atoms with E-state index in [-0.39, 0.29) is 5.92 Å². The summed E-state index contributed by atoms with van der Waals surface area (Å²) < 4.78 is 0. The lowest BCUT2D eigenvalue weighted by Crippen LogP contribution is -2.14. The molecule has 0 aromatic heterocycles. The van der Waals surface area contributed by atoms with Crippen molar-refractivity contribution in [2.45, 2.75) is 130 Å². The first-order valence-corrected chi connectivity index (χ1v) is 11.3. The Balaban J connectivity index is 3.33. The lowest BCUT2D eigenvalue weighted by Gasteiger charge is -2.13. The molecule has 0 aromatic rings. The van der Waals surface area contributed by atoms with Crippen LogP contribution in [0.2, 0.25) is 0 Å². The van der Waals surface area contributed by atoms with Gasteiger partial charge in [0.1, 0.15) is 0 Å². The van der Waals surface area contributed by atoms with Gasteiger partial charge in [-0.3, -0.25) is 4.79 Å². The van der Waals surface area contributed by atoms with Crippen molar-refractivity contribution < 1.29 is 9.90 Å². The van der Waals surface area contributed by atoms with Crippen molar-refractivity contribution in [2.75, 3.05) is 0 Å². The molecule has 0 rings (SSSR count). The van der Waals surface area contributed by atoms with E-state index < -0.39 is 5.97 Å². The molecule has 0 aliphatic carbocycles. The number of hydrogen-bond donors (Lipinski definition) is 1. The zero-order chi connectivity index (χ0) is 18.8. The van der Waals surface area contributed by atoms with Gasteiger partial charge in [0.15, 0.2) is 0 Å². The molecule has 0 spiro atoms. The van der Waals surface area contributed by atoms with Gasteiger partial charge >= 0.3 is 5.97 Å². The van der Waals surface area contributed by atoms with E-state index in [2.05, 4.69) is 20.8 Å². The SMILES string of the molecule is CCCCCCCCCCCCCCCCC(CCC(C)C)C(=O)O. The molecule has 0 aromatic carbocycles. The highest BCUT2D eigenvalue weighted by molar-refractivity contribution is 5.69. The summed E-state index contributed by atoms with van der Waals surface area (Å²) in [5.41, 5.74) is 0. The molecule has 0 heterocycles. The van der Waals surface area contributed by atoms with Gasteiger partial charge in [0, 0.05) is 0 Å². The summed E-state index contributed by atoms with van der Waals surface area (Å²) >= 11 is 0. The van der Waals surface area contributed by atoms with Crippen LogP contribution in [0.4, 0.5) is 0 Å². The fraction of sp³-hybridized carbons (Fsp3) is 0.957. The van der Waals surface area contributed by atoms with Crippen molar-refractivity contribution in [3.8, 4) is 0 Å². The average molecular weight is 355 g/mol. The molecule has 2 heteroatoms. The second-order valence-electron chi connectivity index (χ2n) is 8.39. The number of aliphatic carboxylic acids is 1. The van der Waals surface area contributed by atoms with Crippen LogP contribution in [-0.2, 0) is 4.79 Å². The Bertz CT molecular complexity index is 286. The van der Waals surface area contributed by atoms with E-state index in [1.165, 1.54) is 83.5 Å². The Morgan fingerprint density at radius 2 is 1.04 bits per heavy atom. The van der Waals surface area contributed by atoms with Gasteiger partial charge in [0.2, 0.25) is 0 Å². The van der Waals surface area contributed by atoms with E-state index in [0.29, 0.717) is 5.92 Å². The first-order valence-electron chi connectivity index (χ1n) is 11.3. The van der Waals surface area contributed by atoms with Crippen LogP contribution in [-0.4, -0.2) is 11.1 Å². The van der Waals surface area contributed by atoms with Gasteiger partial charge < -0.3 is 5.11 Å². The Hall–Kier alpha value is -0.530. The third kappa shape index (κ3) is 18.1. The first-order chi connectivity index (χ1) is 12.1. The lowest BCUT2D eigenvalue weighted by molar-refractivity contribution is -0.142. The molecule has 0 fully saturated rings. The molecule has 0 aliphatic rings. The number of unbranched alkanes of at least 4 members (excludes halogenated alkanes) is 13. The molecule has 150 valence electrons. The minimum Gasteiger partial charge on any atom is -0.481 e. The van der Waals surface area contributed by atoms with Crippen LogP contribution in [0.15, 0.2) is 0 Å². The maximum absolute atomic E-state index is 11.3. The van der Waals surface area contributed by atoms with Crippen LogP contribution in [0.3, 0.4) is 0 Å². The van der Waals surface area contributed by atoms with Gasteiger partial charge in [-0.2, -0.15) is 0 Å². The molecular formula is C23H46O2. The average Bonchev–Trinajstić information content (AvgIpc) is 2.57. The number of carboxylic acid groups (broad SMARTS) is 1. The van der Waals surface area contributed by atoms with Gasteiger partial charge in [-0.25, -0.2) is 0 Å². The fourth-order valence-corrected chi connectivity index (χ4v) is 3.51. The molecule has 0 radical (unpaired) electrons. The lowest BCUT2D eigenvalue weighted by atomic mass is 9.93. The predicted octanol–water partition coefficient (Wildman–Crippen LogP) is 7.99. The molecule has 2 nitrogen and oxygen atoms in total. The van der Waals surface area contributed by atoms with Crippen molar-refractivity contribution in [1.29, 1.82) is 0 Å². The summed E-state index contributed by atoms with van der Waals surface area (Å²) in [6.07, 6.45) is 21.7. The van der Waals surface area contributed by atoms with Gasteiger partial charge in [0.25, 0.3) is 0 Å². The van der Waals surface area contributed by atoms with E-state index >= 15 is 0 Å². The minimum absolute atomic E-state index is 0.111. The largest absolute Gasteiger partial charge is 0.481 e. The highest BCUT2D eigenvalue weighted by atomic mass is 16.4. The highest BCUT2D eigenvalue weighted by Crippen LogP contribution is 2.20. The molecular weight excluding hydrogens is 308 g/mol. The fourth-order valence-electron chi connectivity index (χ4n) is 3.51. The van der Waals surface area contributed by atoms with E-state index in [0.717, 1.165) is 25.7 Å². The van der Waals surface area contributed by atoms with E-state index in [9.17, 15) is 9.90 Å². The molecule has 1 N–H and O–H groups in total.